The average molecular weight is 502 g/mol. The molecule has 1 saturated heterocycles. The molecule has 0 saturated carbocycles. The number of carbonyl (C=O) groups excluding carboxylic acids is 1. The molecule has 0 bridgehead atoms. The fraction of sp³-hybridized carbons (Fsp3) is 0.185. The maximum atomic E-state index is 14.5. The molecule has 0 aliphatic carbocycles. The van der Waals surface area contributed by atoms with E-state index in [-0.39, 0.29) is 28.5 Å². The topological polar surface area (TPSA) is 93.7 Å². The van der Waals surface area contributed by atoms with Crippen molar-refractivity contribution in [3.05, 3.63) is 100 Å². The Morgan fingerprint density at radius 1 is 0.946 bits per heavy atom. The minimum atomic E-state index is -0.509. The van der Waals surface area contributed by atoms with Crippen LogP contribution in [0, 0.1) is 15.9 Å². The zero-order valence-electron chi connectivity index (χ0n) is 20.1. The van der Waals surface area contributed by atoms with Crippen molar-refractivity contribution in [2.45, 2.75) is 0 Å². The van der Waals surface area contributed by atoms with Crippen molar-refractivity contribution in [3.63, 3.8) is 0 Å². The predicted molar refractivity (Wildman–Crippen MR) is 137 cm³/mol. The number of non-ortho nitro benzene ring substituents is 1. The van der Waals surface area contributed by atoms with Gasteiger partial charge in [0.2, 0.25) is 0 Å². The Hall–Kier alpha value is -4.73. The Kier molecular flexibility index (Phi) is 6.55. The first kappa shape index (κ1) is 24.0. The number of rotatable bonds is 6. The lowest BCUT2D eigenvalue weighted by Gasteiger charge is -2.36. The van der Waals surface area contributed by atoms with Crippen LogP contribution >= 0.6 is 0 Å². The average Bonchev–Trinajstić information content (AvgIpc) is 3.38. The molecule has 2 heterocycles. The Bertz CT molecular complexity index is 1450. The Morgan fingerprint density at radius 2 is 1.68 bits per heavy atom. The second-order valence-corrected chi connectivity index (χ2v) is 8.56. The van der Waals surface area contributed by atoms with E-state index in [1.165, 1.54) is 35.0 Å². The number of benzene rings is 3. The van der Waals surface area contributed by atoms with Gasteiger partial charge in [0, 0.05) is 49.6 Å². The number of amides is 1. The molecule has 0 atom stereocenters. The van der Waals surface area contributed by atoms with Crippen molar-refractivity contribution >= 4 is 17.3 Å². The summed E-state index contributed by atoms with van der Waals surface area (Å²) in [4.78, 5) is 28.4. The third kappa shape index (κ3) is 4.86. The smallest absolute Gasteiger partial charge is 0.272 e. The largest absolute Gasteiger partial charge is 0.497 e. The van der Waals surface area contributed by atoms with E-state index in [9.17, 15) is 19.3 Å². The molecule has 10 heteroatoms. The maximum absolute atomic E-state index is 14.5. The van der Waals surface area contributed by atoms with E-state index in [2.05, 4.69) is 10.00 Å². The molecule has 3 aromatic carbocycles. The van der Waals surface area contributed by atoms with Gasteiger partial charge in [-0.05, 0) is 48.5 Å². The van der Waals surface area contributed by atoms with Crippen molar-refractivity contribution in [1.82, 2.24) is 14.7 Å². The van der Waals surface area contributed by atoms with Crippen LogP contribution < -0.4 is 9.64 Å². The molecule has 0 unspecified atom stereocenters. The third-order valence-electron chi connectivity index (χ3n) is 6.37. The Morgan fingerprint density at radius 3 is 2.35 bits per heavy atom. The number of ether oxygens (including phenoxy) is 1. The Balaban J connectivity index is 1.45. The lowest BCUT2D eigenvalue weighted by molar-refractivity contribution is -0.384. The quantitative estimate of drug-likeness (QED) is 0.284. The molecule has 1 amide bonds. The molecule has 0 N–H and O–H groups in total. The monoisotopic (exact) mass is 501 g/mol. The number of aromatic nitrogens is 2. The van der Waals surface area contributed by atoms with Crippen LogP contribution in [0.15, 0.2) is 78.9 Å². The third-order valence-corrected chi connectivity index (χ3v) is 6.37. The molecule has 9 nitrogen and oxygen atoms in total. The van der Waals surface area contributed by atoms with Gasteiger partial charge in [0.25, 0.3) is 11.6 Å². The van der Waals surface area contributed by atoms with Crippen LogP contribution in [0.4, 0.5) is 15.8 Å². The van der Waals surface area contributed by atoms with Gasteiger partial charge in [0.05, 0.1) is 23.4 Å². The maximum Gasteiger partial charge on any atom is 0.272 e. The van der Waals surface area contributed by atoms with Gasteiger partial charge in [-0.1, -0.05) is 18.2 Å². The highest BCUT2D eigenvalue weighted by Crippen LogP contribution is 2.27. The lowest BCUT2D eigenvalue weighted by atomic mass is 10.1. The number of methoxy groups -OCH3 is 1. The molecule has 4 aromatic rings. The van der Waals surface area contributed by atoms with E-state index >= 15 is 0 Å². The standard InChI is InChI=1S/C27H24FN5O4/c1-37-22-11-9-19(10-12-22)30-13-15-31(16-14-30)27(34)26-18-25(23-7-2-3-8-24(23)28)29-32(26)20-5-4-6-21(17-20)33(35)36/h2-12,17-18H,13-16H2,1H3. The fourth-order valence-corrected chi connectivity index (χ4v) is 4.39. The van der Waals surface area contributed by atoms with Gasteiger partial charge in [-0.3, -0.25) is 14.9 Å². The molecule has 1 aliphatic rings. The molecule has 0 spiro atoms. The number of hydrogen-bond acceptors (Lipinski definition) is 6. The van der Waals surface area contributed by atoms with Crippen LogP contribution in [0.5, 0.6) is 5.75 Å². The second kappa shape index (κ2) is 10.1. The SMILES string of the molecule is COc1ccc(N2CCN(C(=O)c3cc(-c4ccccc4F)nn3-c3cccc([N+](=O)[O-])c3)CC2)cc1. The van der Waals surface area contributed by atoms with Crippen LogP contribution in [0.3, 0.4) is 0 Å². The van der Waals surface area contributed by atoms with Gasteiger partial charge in [0.1, 0.15) is 17.3 Å². The van der Waals surface area contributed by atoms with Crippen LogP contribution in [0.25, 0.3) is 16.9 Å². The number of nitrogens with zero attached hydrogens (tertiary/aromatic N) is 5. The molecule has 0 radical (unpaired) electrons. The zero-order valence-corrected chi connectivity index (χ0v) is 20.1. The summed E-state index contributed by atoms with van der Waals surface area (Å²) in [6, 6.07) is 21.3. The minimum Gasteiger partial charge on any atom is -0.497 e. The van der Waals surface area contributed by atoms with E-state index in [1.54, 1.807) is 36.3 Å². The summed E-state index contributed by atoms with van der Waals surface area (Å²) in [5.74, 6) is 0.0203. The van der Waals surface area contributed by atoms with Gasteiger partial charge >= 0.3 is 0 Å². The van der Waals surface area contributed by atoms with E-state index in [0.29, 0.717) is 31.9 Å². The van der Waals surface area contributed by atoms with Crippen molar-refractivity contribution in [2.24, 2.45) is 0 Å². The van der Waals surface area contributed by atoms with Gasteiger partial charge in [-0.2, -0.15) is 5.10 Å². The zero-order chi connectivity index (χ0) is 25.9. The van der Waals surface area contributed by atoms with Crippen LogP contribution in [0.1, 0.15) is 10.5 Å². The summed E-state index contributed by atoms with van der Waals surface area (Å²) in [5, 5.41) is 15.8. The van der Waals surface area contributed by atoms with Crippen LogP contribution in [-0.2, 0) is 0 Å². The summed E-state index contributed by atoms with van der Waals surface area (Å²) < 4.78 is 21.1. The summed E-state index contributed by atoms with van der Waals surface area (Å²) >= 11 is 0. The van der Waals surface area contributed by atoms with Gasteiger partial charge in [0.15, 0.2) is 0 Å². The van der Waals surface area contributed by atoms with Crippen molar-refractivity contribution in [1.29, 1.82) is 0 Å². The summed E-state index contributed by atoms with van der Waals surface area (Å²) in [5.41, 5.74) is 1.96. The number of nitro benzene ring substituents is 1. The Labute approximate surface area is 212 Å². The summed E-state index contributed by atoms with van der Waals surface area (Å²) in [7, 11) is 1.62. The van der Waals surface area contributed by atoms with Gasteiger partial charge in [-0.15, -0.1) is 0 Å². The van der Waals surface area contributed by atoms with E-state index in [4.69, 9.17) is 4.74 Å². The highest BCUT2D eigenvalue weighted by atomic mass is 19.1. The number of carbonyl (C=O) groups is 1. The number of piperazine rings is 1. The molecule has 188 valence electrons. The number of anilines is 1. The lowest BCUT2D eigenvalue weighted by Crippen LogP contribution is -2.49. The fourth-order valence-electron chi connectivity index (χ4n) is 4.39. The highest BCUT2D eigenvalue weighted by Gasteiger charge is 2.27. The van der Waals surface area contributed by atoms with E-state index in [1.807, 2.05) is 24.3 Å². The number of halogens is 1. The highest BCUT2D eigenvalue weighted by molar-refractivity contribution is 5.94. The predicted octanol–water partition coefficient (Wildman–Crippen LogP) is 4.56. The first-order valence-electron chi connectivity index (χ1n) is 11.7. The molecule has 1 aromatic heterocycles. The minimum absolute atomic E-state index is 0.132. The second-order valence-electron chi connectivity index (χ2n) is 8.56. The number of hydrogen-bond donors (Lipinski definition) is 0. The molecule has 37 heavy (non-hydrogen) atoms. The van der Waals surface area contributed by atoms with E-state index in [0.717, 1.165) is 11.4 Å². The summed E-state index contributed by atoms with van der Waals surface area (Å²) in [6.45, 7) is 2.20. The molecular weight excluding hydrogens is 477 g/mol. The van der Waals surface area contributed by atoms with Crippen molar-refractivity contribution in [3.8, 4) is 22.7 Å². The van der Waals surface area contributed by atoms with Crippen molar-refractivity contribution < 1.29 is 18.8 Å². The van der Waals surface area contributed by atoms with Crippen molar-refractivity contribution in [2.75, 3.05) is 38.2 Å². The first-order valence-corrected chi connectivity index (χ1v) is 11.7. The molecular formula is C27H24FN5O4. The van der Waals surface area contributed by atoms with Crippen LogP contribution in [0.2, 0.25) is 0 Å². The first-order chi connectivity index (χ1) is 17.9. The van der Waals surface area contributed by atoms with Gasteiger partial charge in [-0.25, -0.2) is 9.07 Å². The molecule has 1 aliphatic heterocycles. The van der Waals surface area contributed by atoms with Gasteiger partial charge < -0.3 is 14.5 Å². The van der Waals surface area contributed by atoms with Crippen LogP contribution in [-0.4, -0.2) is 58.8 Å². The normalized spacial score (nSPS) is 13.5. The van der Waals surface area contributed by atoms with E-state index < -0.39 is 10.7 Å². The molecule has 1 fully saturated rings. The number of nitro groups is 1. The summed E-state index contributed by atoms with van der Waals surface area (Å²) in [6.07, 6.45) is 0. The molecule has 5 rings (SSSR count).